The Hall–Kier alpha value is -1.50. The smallest absolute Gasteiger partial charge is 0.0458 e. The van der Waals surface area contributed by atoms with E-state index in [1.54, 1.807) is 5.56 Å². The minimum atomic E-state index is 1.22. The first-order valence-electron chi connectivity index (χ1n) is 7.70. The summed E-state index contributed by atoms with van der Waals surface area (Å²) < 4.78 is 0. The fourth-order valence-electron chi connectivity index (χ4n) is 3.08. The molecular weight excluding hydrogens is 230 g/mol. The van der Waals surface area contributed by atoms with Gasteiger partial charge in [0.2, 0.25) is 0 Å². The van der Waals surface area contributed by atoms with E-state index in [1.165, 1.54) is 68.3 Å². The Balaban J connectivity index is 1.86. The monoisotopic (exact) mass is 253 g/mol. The van der Waals surface area contributed by atoms with Crippen LogP contribution in [0.25, 0.3) is 11.3 Å². The van der Waals surface area contributed by atoms with E-state index in [1.807, 2.05) is 0 Å². The molecule has 1 aromatic carbocycles. The first-order valence-corrected chi connectivity index (χ1v) is 7.70. The Bertz CT molecular complexity index is 482. The van der Waals surface area contributed by atoms with Gasteiger partial charge in [-0.2, -0.15) is 0 Å². The van der Waals surface area contributed by atoms with Crippen LogP contribution in [0.4, 0.5) is 0 Å². The summed E-state index contributed by atoms with van der Waals surface area (Å²) in [5.41, 5.74) is 5.65. The Morgan fingerprint density at radius 3 is 2.21 bits per heavy atom. The third-order valence-corrected chi connectivity index (χ3v) is 4.20. The maximum Gasteiger partial charge on any atom is 0.0458 e. The number of hydrogen-bond donors (Lipinski definition) is 1. The van der Waals surface area contributed by atoms with Crippen LogP contribution >= 0.6 is 0 Å². The molecule has 0 bridgehead atoms. The maximum absolute atomic E-state index is 3.67. The topological polar surface area (TPSA) is 15.8 Å². The van der Waals surface area contributed by atoms with E-state index >= 15 is 0 Å². The number of benzene rings is 1. The Kier molecular flexibility index (Phi) is 4.02. The molecule has 0 atom stereocenters. The minimum absolute atomic E-state index is 1.22. The lowest BCUT2D eigenvalue weighted by atomic mass is 9.99. The van der Waals surface area contributed by atoms with E-state index in [9.17, 15) is 0 Å². The highest BCUT2D eigenvalue weighted by Crippen LogP contribution is 2.25. The normalized spacial score (nSPS) is 16.8. The van der Waals surface area contributed by atoms with Crippen molar-refractivity contribution in [2.24, 2.45) is 0 Å². The Morgan fingerprint density at radius 1 is 0.737 bits per heavy atom. The van der Waals surface area contributed by atoms with Crippen molar-refractivity contribution < 1.29 is 0 Å². The third kappa shape index (κ3) is 3.09. The predicted molar refractivity (Wildman–Crippen MR) is 81.3 cm³/mol. The Labute approximate surface area is 116 Å². The lowest BCUT2D eigenvalue weighted by Crippen LogP contribution is -1.95. The van der Waals surface area contributed by atoms with E-state index < -0.39 is 0 Å². The van der Waals surface area contributed by atoms with Crippen LogP contribution in [0.5, 0.6) is 0 Å². The van der Waals surface area contributed by atoms with E-state index in [2.05, 4.69) is 41.4 Å². The first-order chi connectivity index (χ1) is 9.43. The zero-order valence-corrected chi connectivity index (χ0v) is 11.6. The largest absolute Gasteiger partial charge is 0.358 e. The highest BCUT2D eigenvalue weighted by molar-refractivity contribution is 5.61. The summed E-state index contributed by atoms with van der Waals surface area (Å²) in [5.74, 6) is 0. The molecule has 1 nitrogen and oxygen atoms in total. The van der Waals surface area contributed by atoms with Crippen LogP contribution in [0.15, 0.2) is 36.4 Å². The number of fused-ring (bicyclic) bond motifs is 1. The molecule has 1 heterocycles. The molecular formula is C18H23N. The van der Waals surface area contributed by atoms with Gasteiger partial charge in [-0.25, -0.2) is 0 Å². The van der Waals surface area contributed by atoms with Crippen molar-refractivity contribution in [1.82, 2.24) is 4.98 Å². The molecule has 0 amide bonds. The van der Waals surface area contributed by atoms with Crippen molar-refractivity contribution in [3.63, 3.8) is 0 Å². The molecule has 0 saturated carbocycles. The quantitative estimate of drug-likeness (QED) is 0.726. The molecule has 0 unspecified atom stereocenters. The van der Waals surface area contributed by atoms with Gasteiger partial charge in [-0.15, -0.1) is 0 Å². The minimum Gasteiger partial charge on any atom is -0.358 e. The van der Waals surface area contributed by atoms with Crippen LogP contribution in [0.2, 0.25) is 0 Å². The highest BCUT2D eigenvalue weighted by Gasteiger charge is 2.10. The molecule has 0 fully saturated rings. The molecule has 2 aromatic rings. The van der Waals surface area contributed by atoms with Gasteiger partial charge in [-0.1, -0.05) is 56.0 Å². The van der Waals surface area contributed by atoms with Gasteiger partial charge in [0.05, 0.1) is 0 Å². The summed E-state index contributed by atoms with van der Waals surface area (Å²) in [7, 11) is 0. The lowest BCUT2D eigenvalue weighted by Gasteiger charge is -2.07. The van der Waals surface area contributed by atoms with Gasteiger partial charge in [0, 0.05) is 11.4 Å². The van der Waals surface area contributed by atoms with Crippen LogP contribution in [0.3, 0.4) is 0 Å². The molecule has 0 aliphatic heterocycles. The summed E-state index contributed by atoms with van der Waals surface area (Å²) in [5, 5.41) is 0. The van der Waals surface area contributed by atoms with Gasteiger partial charge in [-0.3, -0.25) is 0 Å². The van der Waals surface area contributed by atoms with Gasteiger partial charge < -0.3 is 4.98 Å². The molecule has 1 aliphatic rings. The van der Waals surface area contributed by atoms with Gasteiger partial charge in [0.1, 0.15) is 0 Å². The molecule has 100 valence electrons. The zero-order valence-electron chi connectivity index (χ0n) is 11.6. The van der Waals surface area contributed by atoms with Gasteiger partial charge in [0.25, 0.3) is 0 Å². The Morgan fingerprint density at radius 2 is 1.42 bits per heavy atom. The molecule has 1 N–H and O–H groups in total. The van der Waals surface area contributed by atoms with Crippen LogP contribution in [-0.2, 0) is 12.8 Å². The van der Waals surface area contributed by atoms with Crippen molar-refractivity contribution >= 4 is 0 Å². The van der Waals surface area contributed by atoms with E-state index in [4.69, 9.17) is 0 Å². The molecule has 0 saturated heterocycles. The van der Waals surface area contributed by atoms with Crippen molar-refractivity contribution in [3.8, 4) is 11.3 Å². The lowest BCUT2D eigenvalue weighted by molar-refractivity contribution is 0.579. The van der Waals surface area contributed by atoms with Crippen LogP contribution in [-0.4, -0.2) is 4.98 Å². The van der Waals surface area contributed by atoms with Crippen molar-refractivity contribution in [3.05, 3.63) is 47.7 Å². The molecule has 1 aliphatic carbocycles. The molecule has 1 aromatic heterocycles. The van der Waals surface area contributed by atoms with Crippen molar-refractivity contribution in [2.75, 3.05) is 0 Å². The molecule has 0 radical (unpaired) electrons. The van der Waals surface area contributed by atoms with E-state index in [0.29, 0.717) is 0 Å². The standard InChI is InChI=1S/C18H23N/c1-2-4-9-13-17-16(12-6-3-1)14-18(19-17)15-10-7-5-8-11-15/h5,7-8,10-11,14,19H,1-4,6,9,12-13H2. The maximum atomic E-state index is 3.67. The molecule has 3 rings (SSSR count). The van der Waals surface area contributed by atoms with Crippen molar-refractivity contribution in [2.45, 2.75) is 51.4 Å². The fraction of sp³-hybridized carbons (Fsp3) is 0.444. The zero-order chi connectivity index (χ0) is 12.9. The van der Waals surface area contributed by atoms with E-state index in [-0.39, 0.29) is 0 Å². The summed E-state index contributed by atoms with van der Waals surface area (Å²) in [6.45, 7) is 0. The average molecular weight is 253 g/mol. The number of H-pyrrole nitrogens is 1. The number of aromatic amines is 1. The van der Waals surface area contributed by atoms with Crippen LogP contribution in [0.1, 0.15) is 49.8 Å². The number of nitrogens with one attached hydrogen (secondary N) is 1. The summed E-state index contributed by atoms with van der Waals surface area (Å²) in [4.78, 5) is 3.67. The van der Waals surface area contributed by atoms with Gasteiger partial charge in [-0.05, 0) is 42.9 Å². The van der Waals surface area contributed by atoms with Gasteiger partial charge >= 0.3 is 0 Å². The summed E-state index contributed by atoms with van der Waals surface area (Å²) in [6.07, 6.45) is 10.8. The molecule has 1 heteroatoms. The number of rotatable bonds is 1. The number of hydrogen-bond acceptors (Lipinski definition) is 0. The third-order valence-electron chi connectivity index (χ3n) is 4.20. The predicted octanol–water partition coefficient (Wildman–Crippen LogP) is 5.12. The SMILES string of the molecule is c1ccc(-c2cc3c([nH]2)CCCCCCCC3)cc1. The second-order valence-electron chi connectivity index (χ2n) is 5.67. The van der Waals surface area contributed by atoms with Crippen molar-refractivity contribution in [1.29, 1.82) is 0 Å². The summed E-state index contributed by atoms with van der Waals surface area (Å²) >= 11 is 0. The molecule has 0 spiro atoms. The summed E-state index contributed by atoms with van der Waals surface area (Å²) in [6, 6.07) is 13.1. The number of aryl methyl sites for hydroxylation is 2. The second kappa shape index (κ2) is 6.10. The second-order valence-corrected chi connectivity index (χ2v) is 5.67. The fourth-order valence-corrected chi connectivity index (χ4v) is 3.08. The molecule has 19 heavy (non-hydrogen) atoms. The van der Waals surface area contributed by atoms with Crippen LogP contribution in [0, 0.1) is 0 Å². The highest BCUT2D eigenvalue weighted by atomic mass is 14.7. The average Bonchev–Trinajstić information content (AvgIpc) is 2.87. The first kappa shape index (κ1) is 12.5. The van der Waals surface area contributed by atoms with Crippen LogP contribution < -0.4 is 0 Å². The van der Waals surface area contributed by atoms with E-state index in [0.717, 1.165) is 0 Å². The van der Waals surface area contributed by atoms with Gasteiger partial charge in [0.15, 0.2) is 0 Å². The number of aromatic nitrogens is 1.